The number of nitrogens with one attached hydrogen (secondary N) is 2. The second-order valence-electron chi connectivity index (χ2n) is 13.0. The molecule has 3 aliphatic rings. The lowest BCUT2D eigenvalue weighted by Gasteiger charge is -2.36. The van der Waals surface area contributed by atoms with E-state index >= 15 is 0 Å². The van der Waals surface area contributed by atoms with Crippen molar-refractivity contribution in [3.05, 3.63) is 41.1 Å². The zero-order valence-electron chi connectivity index (χ0n) is 24.9. The van der Waals surface area contributed by atoms with Crippen molar-refractivity contribution in [1.29, 1.82) is 0 Å². The van der Waals surface area contributed by atoms with Crippen molar-refractivity contribution in [3.8, 4) is 11.3 Å². The third kappa shape index (κ3) is 5.79. The number of benzene rings is 1. The summed E-state index contributed by atoms with van der Waals surface area (Å²) in [5, 5.41) is 17.7. The fourth-order valence-electron chi connectivity index (χ4n) is 6.60. The molecule has 3 aromatic rings. The summed E-state index contributed by atoms with van der Waals surface area (Å²) < 4.78 is 28.5. The molecule has 5 N–H and O–H groups in total. The number of fused-ring (bicyclic) bond motifs is 2. The molecule has 230 valence electrons. The Hall–Kier alpha value is -3.71. The normalized spacial score (nSPS) is 21.6. The number of nitrogens with zero attached hydrogens (tertiary/aromatic N) is 4. The zero-order valence-corrected chi connectivity index (χ0v) is 25.7. The van der Waals surface area contributed by atoms with Crippen molar-refractivity contribution in [3.63, 3.8) is 0 Å². The first-order valence-corrected chi connectivity index (χ1v) is 16.7. The molecule has 1 aromatic carbocycles. The summed E-state index contributed by atoms with van der Waals surface area (Å²) in [6.07, 6.45) is 7.98. The first-order chi connectivity index (χ1) is 20.2. The highest BCUT2D eigenvalue weighted by atomic mass is 32.2. The molecule has 12 nitrogen and oxygen atoms in total. The number of aliphatic hydroxyl groups is 1. The van der Waals surface area contributed by atoms with E-state index in [1.807, 2.05) is 31.7 Å². The smallest absolute Gasteiger partial charge is 0.259 e. The van der Waals surface area contributed by atoms with Crippen LogP contribution < -0.4 is 15.8 Å². The van der Waals surface area contributed by atoms with Gasteiger partial charge in [-0.25, -0.2) is 17.9 Å². The maximum atomic E-state index is 13.4. The Balaban J connectivity index is 1.32. The number of aromatic nitrogens is 3. The minimum Gasteiger partial charge on any atom is -0.390 e. The molecule has 1 aliphatic heterocycles. The standard InChI is InChI=1S/C30H39N7O5S/c1-16(17-5-6-17)36-15-19-13-18(14-23(24(19)29(36)39)35-43(4,41)42)22-11-12-37-27(33-22)25(26(31)34-37)28(38)32-21-9-7-20(8-10-21)30(2,3)40/h11-14,16-17,20-21,35,40H,5-10,15H2,1-4H3,(H2,31,34)(H,32,38)/t16-,20?,21?/m0/s1. The number of rotatable bonds is 8. The predicted octanol–water partition coefficient (Wildman–Crippen LogP) is 3.16. The fraction of sp³-hybridized carbons (Fsp3) is 0.533. The van der Waals surface area contributed by atoms with Crippen LogP contribution >= 0.6 is 0 Å². The van der Waals surface area contributed by atoms with Crippen LogP contribution in [0.3, 0.4) is 0 Å². The number of sulfonamides is 1. The molecular weight excluding hydrogens is 570 g/mol. The molecule has 2 aliphatic carbocycles. The van der Waals surface area contributed by atoms with E-state index in [1.54, 1.807) is 18.3 Å². The number of nitrogens with two attached hydrogens (primary N) is 1. The highest BCUT2D eigenvalue weighted by molar-refractivity contribution is 7.92. The van der Waals surface area contributed by atoms with Gasteiger partial charge in [-0.2, -0.15) is 0 Å². The second kappa shape index (κ2) is 10.5. The maximum absolute atomic E-state index is 13.4. The molecule has 6 rings (SSSR count). The number of nitrogen functional groups attached to an aromatic ring is 1. The Kier molecular flexibility index (Phi) is 7.15. The van der Waals surface area contributed by atoms with Crippen LogP contribution in [0.4, 0.5) is 11.5 Å². The molecule has 13 heteroatoms. The van der Waals surface area contributed by atoms with Crippen LogP contribution in [-0.4, -0.2) is 68.8 Å². The first kappa shape index (κ1) is 29.4. The van der Waals surface area contributed by atoms with Crippen molar-refractivity contribution in [1.82, 2.24) is 24.8 Å². The molecule has 1 atom stereocenters. The minimum absolute atomic E-state index is 0.0519. The van der Waals surface area contributed by atoms with Gasteiger partial charge in [0.25, 0.3) is 11.8 Å². The molecule has 0 unspecified atom stereocenters. The summed E-state index contributed by atoms with van der Waals surface area (Å²) >= 11 is 0. The average Bonchev–Trinajstić information content (AvgIpc) is 3.64. The van der Waals surface area contributed by atoms with Gasteiger partial charge in [0.15, 0.2) is 11.5 Å². The molecule has 0 saturated heterocycles. The van der Waals surface area contributed by atoms with Gasteiger partial charge in [-0.3, -0.25) is 14.3 Å². The summed E-state index contributed by atoms with van der Waals surface area (Å²) in [6, 6.07) is 5.20. The summed E-state index contributed by atoms with van der Waals surface area (Å²) in [7, 11) is -3.68. The fourth-order valence-corrected chi connectivity index (χ4v) is 7.16. The number of carbonyl (C=O) groups is 2. The van der Waals surface area contributed by atoms with Crippen molar-refractivity contribution < 1.29 is 23.1 Å². The molecule has 2 amide bonds. The SMILES string of the molecule is C[C@@H](C1CC1)N1Cc2cc(-c3ccn4nc(N)c(C(=O)NC5CCC(C(C)(C)O)CC5)c4n3)cc(NS(C)(=O)=O)c2C1=O. The number of carbonyl (C=O) groups excluding carboxylic acids is 2. The third-order valence-electron chi connectivity index (χ3n) is 9.22. The van der Waals surface area contributed by atoms with Crippen LogP contribution in [0.5, 0.6) is 0 Å². The molecular formula is C30H39N7O5S. The van der Waals surface area contributed by atoms with Crippen LogP contribution in [0.1, 0.15) is 85.6 Å². The third-order valence-corrected chi connectivity index (χ3v) is 9.81. The average molecular weight is 610 g/mol. The lowest BCUT2D eigenvalue weighted by molar-refractivity contribution is -0.00257. The van der Waals surface area contributed by atoms with Crippen LogP contribution in [0.15, 0.2) is 24.4 Å². The van der Waals surface area contributed by atoms with E-state index < -0.39 is 15.6 Å². The van der Waals surface area contributed by atoms with E-state index in [1.165, 1.54) is 4.52 Å². The van der Waals surface area contributed by atoms with Gasteiger partial charge in [0.2, 0.25) is 10.0 Å². The van der Waals surface area contributed by atoms with Gasteiger partial charge in [-0.1, -0.05) is 0 Å². The largest absolute Gasteiger partial charge is 0.390 e. The van der Waals surface area contributed by atoms with Gasteiger partial charge in [0.05, 0.1) is 28.8 Å². The molecule has 2 saturated carbocycles. The monoisotopic (exact) mass is 609 g/mol. The van der Waals surface area contributed by atoms with Crippen LogP contribution in [0, 0.1) is 11.8 Å². The lowest BCUT2D eigenvalue weighted by Crippen LogP contribution is -2.41. The Labute approximate surface area is 251 Å². The molecule has 0 spiro atoms. The second-order valence-corrected chi connectivity index (χ2v) is 14.7. The quantitative estimate of drug-likeness (QED) is 0.302. The van der Waals surface area contributed by atoms with Gasteiger partial charge in [0, 0.05) is 30.4 Å². The van der Waals surface area contributed by atoms with Gasteiger partial charge in [-0.05, 0) is 94.9 Å². The Bertz CT molecular complexity index is 1720. The van der Waals surface area contributed by atoms with Gasteiger partial charge < -0.3 is 21.1 Å². The van der Waals surface area contributed by atoms with Crippen molar-refractivity contribution in [2.75, 3.05) is 16.7 Å². The highest BCUT2D eigenvalue weighted by Crippen LogP contribution is 2.41. The summed E-state index contributed by atoms with van der Waals surface area (Å²) in [6.45, 7) is 6.06. The minimum atomic E-state index is -3.68. The molecule has 2 fully saturated rings. The number of hydrogen-bond acceptors (Lipinski definition) is 8. The molecule has 0 radical (unpaired) electrons. The van der Waals surface area contributed by atoms with Crippen LogP contribution in [0.2, 0.25) is 0 Å². The van der Waals surface area contributed by atoms with Gasteiger partial charge in [0.1, 0.15) is 5.56 Å². The van der Waals surface area contributed by atoms with Crippen LogP contribution in [0.25, 0.3) is 16.9 Å². The van der Waals surface area contributed by atoms with Gasteiger partial charge >= 0.3 is 0 Å². The zero-order chi connectivity index (χ0) is 30.8. The van der Waals surface area contributed by atoms with E-state index in [4.69, 9.17) is 10.7 Å². The lowest BCUT2D eigenvalue weighted by atomic mass is 9.77. The predicted molar refractivity (Wildman–Crippen MR) is 163 cm³/mol. The van der Waals surface area contributed by atoms with Gasteiger partial charge in [-0.15, -0.1) is 5.10 Å². The van der Waals surface area contributed by atoms with E-state index in [2.05, 4.69) is 15.1 Å². The van der Waals surface area contributed by atoms with E-state index in [9.17, 15) is 23.1 Å². The number of anilines is 2. The highest BCUT2D eigenvalue weighted by Gasteiger charge is 2.40. The number of hydrogen-bond donors (Lipinski definition) is 4. The Morgan fingerprint density at radius 2 is 1.86 bits per heavy atom. The number of amides is 2. The molecule has 43 heavy (non-hydrogen) atoms. The van der Waals surface area contributed by atoms with Crippen molar-refractivity contribution >= 4 is 39.0 Å². The van der Waals surface area contributed by atoms with E-state index in [0.29, 0.717) is 29.3 Å². The topological polar surface area (TPSA) is 172 Å². The Morgan fingerprint density at radius 1 is 1.16 bits per heavy atom. The van der Waals surface area contributed by atoms with Crippen molar-refractivity contribution in [2.45, 2.75) is 83.5 Å². The van der Waals surface area contributed by atoms with E-state index in [-0.39, 0.29) is 52.5 Å². The maximum Gasteiger partial charge on any atom is 0.259 e. The van der Waals surface area contributed by atoms with E-state index in [0.717, 1.165) is 50.3 Å². The van der Waals surface area contributed by atoms with Crippen LogP contribution in [-0.2, 0) is 16.6 Å². The molecule has 3 heterocycles. The first-order valence-electron chi connectivity index (χ1n) is 14.8. The molecule has 2 aromatic heterocycles. The summed E-state index contributed by atoms with van der Waals surface area (Å²) in [5.41, 5.74) is 8.24. The Morgan fingerprint density at radius 3 is 2.49 bits per heavy atom. The summed E-state index contributed by atoms with van der Waals surface area (Å²) in [5.74, 6) is 0.139. The van der Waals surface area contributed by atoms with Crippen molar-refractivity contribution in [2.24, 2.45) is 11.8 Å². The summed E-state index contributed by atoms with van der Waals surface area (Å²) in [4.78, 5) is 33.4. The molecule has 0 bridgehead atoms.